The smallest absolute Gasteiger partial charge is 0.213 e. The van der Waals surface area contributed by atoms with Crippen LogP contribution in [-0.4, -0.2) is 18.6 Å². The Hall–Kier alpha value is -1.09. The van der Waals surface area contributed by atoms with Crippen molar-refractivity contribution < 1.29 is 4.74 Å². The summed E-state index contributed by atoms with van der Waals surface area (Å²) >= 11 is 0. The summed E-state index contributed by atoms with van der Waals surface area (Å²) in [5, 5.41) is 3.50. The highest BCUT2D eigenvalue weighted by Crippen LogP contribution is 2.22. The number of aromatic nitrogens is 1. The Morgan fingerprint density at radius 3 is 2.74 bits per heavy atom. The van der Waals surface area contributed by atoms with E-state index in [1.807, 2.05) is 18.2 Å². The lowest BCUT2D eigenvalue weighted by Gasteiger charge is -2.25. The van der Waals surface area contributed by atoms with E-state index in [4.69, 9.17) is 4.74 Å². The van der Waals surface area contributed by atoms with E-state index >= 15 is 0 Å². The third-order valence-electron chi connectivity index (χ3n) is 3.36. The second-order valence-electron chi connectivity index (χ2n) is 5.90. The van der Waals surface area contributed by atoms with Crippen molar-refractivity contribution >= 4 is 0 Å². The first-order chi connectivity index (χ1) is 9.07. The third-order valence-corrected chi connectivity index (χ3v) is 3.36. The lowest BCUT2D eigenvalue weighted by atomic mass is 9.87. The molecule has 0 aliphatic heterocycles. The molecule has 0 aliphatic rings. The van der Waals surface area contributed by atoms with E-state index in [-0.39, 0.29) is 0 Å². The Bertz CT molecular complexity index is 364. The van der Waals surface area contributed by atoms with Gasteiger partial charge in [0.15, 0.2) is 0 Å². The molecule has 0 fully saturated rings. The first-order valence-corrected chi connectivity index (χ1v) is 7.28. The number of ether oxygens (including phenoxy) is 1. The summed E-state index contributed by atoms with van der Waals surface area (Å²) in [6.07, 6.45) is 5.22. The minimum absolute atomic E-state index is 0.355. The van der Waals surface area contributed by atoms with Crippen molar-refractivity contribution in [2.45, 2.75) is 53.0 Å². The van der Waals surface area contributed by atoms with E-state index in [0.29, 0.717) is 11.3 Å². The van der Waals surface area contributed by atoms with Crippen molar-refractivity contribution in [3.05, 3.63) is 23.9 Å². The van der Waals surface area contributed by atoms with Gasteiger partial charge in [-0.25, -0.2) is 4.98 Å². The average molecular weight is 264 g/mol. The molecule has 0 aliphatic carbocycles. The van der Waals surface area contributed by atoms with Gasteiger partial charge in [0.25, 0.3) is 0 Å². The average Bonchev–Trinajstić information content (AvgIpc) is 2.39. The fourth-order valence-corrected chi connectivity index (χ4v) is 2.14. The van der Waals surface area contributed by atoms with E-state index < -0.39 is 0 Å². The largest absolute Gasteiger partial charge is 0.481 e. The molecule has 1 N–H and O–H groups in total. The van der Waals surface area contributed by atoms with Crippen LogP contribution in [-0.2, 0) is 6.54 Å². The van der Waals surface area contributed by atoms with Crippen LogP contribution >= 0.6 is 0 Å². The quantitative estimate of drug-likeness (QED) is 0.689. The van der Waals surface area contributed by atoms with Gasteiger partial charge in [-0.2, -0.15) is 0 Å². The number of rotatable bonds is 9. The van der Waals surface area contributed by atoms with Crippen molar-refractivity contribution in [3.8, 4) is 5.88 Å². The normalized spacial score (nSPS) is 11.6. The maximum Gasteiger partial charge on any atom is 0.213 e. The molecule has 1 rings (SSSR count). The van der Waals surface area contributed by atoms with Crippen LogP contribution in [0.15, 0.2) is 18.2 Å². The summed E-state index contributed by atoms with van der Waals surface area (Å²) < 4.78 is 5.13. The molecule has 3 heteroatoms. The number of methoxy groups -OCH3 is 1. The molecule has 0 amide bonds. The first-order valence-electron chi connectivity index (χ1n) is 7.28. The van der Waals surface area contributed by atoms with Crippen LogP contribution < -0.4 is 10.1 Å². The Kier molecular flexibility index (Phi) is 6.85. The predicted molar refractivity (Wildman–Crippen MR) is 80.4 cm³/mol. The zero-order valence-electron chi connectivity index (χ0n) is 12.8. The van der Waals surface area contributed by atoms with E-state index in [1.165, 1.54) is 25.7 Å². The van der Waals surface area contributed by atoms with Crippen LogP contribution in [0.4, 0.5) is 0 Å². The minimum atomic E-state index is 0.355. The number of hydrogen-bond acceptors (Lipinski definition) is 3. The van der Waals surface area contributed by atoms with E-state index in [9.17, 15) is 0 Å². The molecule has 0 spiro atoms. The SMILES string of the molecule is CCCCCC(C)(C)CNCc1cccc(OC)n1. The molecule has 0 bridgehead atoms. The fraction of sp³-hybridized carbons (Fsp3) is 0.688. The summed E-state index contributed by atoms with van der Waals surface area (Å²) in [6, 6.07) is 5.88. The van der Waals surface area contributed by atoms with Crippen LogP contribution in [0, 0.1) is 5.41 Å². The zero-order valence-corrected chi connectivity index (χ0v) is 12.8. The van der Waals surface area contributed by atoms with Gasteiger partial charge in [0.1, 0.15) is 0 Å². The van der Waals surface area contributed by atoms with Crippen molar-refractivity contribution in [2.24, 2.45) is 5.41 Å². The van der Waals surface area contributed by atoms with Crippen molar-refractivity contribution in [2.75, 3.05) is 13.7 Å². The third kappa shape index (κ3) is 6.58. The molecule has 0 atom stereocenters. The van der Waals surface area contributed by atoms with Crippen LogP contribution in [0.2, 0.25) is 0 Å². The predicted octanol–water partition coefficient (Wildman–Crippen LogP) is 3.79. The second kappa shape index (κ2) is 8.16. The Labute approximate surface area is 117 Å². The molecule has 1 heterocycles. The van der Waals surface area contributed by atoms with Gasteiger partial charge in [-0.15, -0.1) is 0 Å². The van der Waals surface area contributed by atoms with Crippen molar-refractivity contribution in [3.63, 3.8) is 0 Å². The lowest BCUT2D eigenvalue weighted by Crippen LogP contribution is -2.29. The zero-order chi connectivity index (χ0) is 14.1. The molecule has 0 unspecified atom stereocenters. The highest BCUT2D eigenvalue weighted by molar-refractivity contribution is 5.15. The maximum absolute atomic E-state index is 5.13. The standard InChI is InChI=1S/C16H28N2O/c1-5-6-7-11-16(2,3)13-17-12-14-9-8-10-15(18-14)19-4/h8-10,17H,5-7,11-13H2,1-4H3. The van der Waals surface area contributed by atoms with Crippen molar-refractivity contribution in [1.29, 1.82) is 0 Å². The number of nitrogens with zero attached hydrogens (tertiary/aromatic N) is 1. The van der Waals surface area contributed by atoms with Crippen molar-refractivity contribution in [1.82, 2.24) is 10.3 Å². The number of hydrogen-bond donors (Lipinski definition) is 1. The molecule has 0 aromatic carbocycles. The molecule has 1 aromatic rings. The fourth-order valence-electron chi connectivity index (χ4n) is 2.14. The van der Waals surface area contributed by atoms with Gasteiger partial charge in [-0.3, -0.25) is 0 Å². The lowest BCUT2D eigenvalue weighted by molar-refractivity contribution is 0.301. The van der Waals surface area contributed by atoms with Crippen LogP contribution in [0.1, 0.15) is 52.1 Å². The molecule has 3 nitrogen and oxygen atoms in total. The summed E-state index contributed by atoms with van der Waals surface area (Å²) in [5.41, 5.74) is 1.39. The Morgan fingerprint density at radius 2 is 2.05 bits per heavy atom. The second-order valence-corrected chi connectivity index (χ2v) is 5.90. The molecule has 19 heavy (non-hydrogen) atoms. The summed E-state index contributed by atoms with van der Waals surface area (Å²) in [4.78, 5) is 4.40. The number of nitrogens with one attached hydrogen (secondary N) is 1. The van der Waals surface area contributed by atoms with Crippen LogP contribution in [0.25, 0.3) is 0 Å². The van der Waals surface area contributed by atoms with Crippen LogP contribution in [0.5, 0.6) is 5.88 Å². The van der Waals surface area contributed by atoms with Gasteiger partial charge in [-0.05, 0) is 17.9 Å². The van der Waals surface area contributed by atoms with Gasteiger partial charge >= 0.3 is 0 Å². The van der Waals surface area contributed by atoms with Crippen LogP contribution in [0.3, 0.4) is 0 Å². The topological polar surface area (TPSA) is 34.1 Å². The van der Waals surface area contributed by atoms with Gasteiger partial charge in [0.05, 0.1) is 12.8 Å². The van der Waals surface area contributed by atoms with E-state index in [0.717, 1.165) is 18.8 Å². The minimum Gasteiger partial charge on any atom is -0.481 e. The first kappa shape index (κ1) is 16.0. The highest BCUT2D eigenvalue weighted by atomic mass is 16.5. The number of unbranched alkanes of at least 4 members (excludes halogenated alkanes) is 2. The molecule has 1 aromatic heterocycles. The molecule has 0 saturated carbocycles. The summed E-state index contributed by atoms with van der Waals surface area (Å²) in [5.74, 6) is 0.682. The molecular weight excluding hydrogens is 236 g/mol. The summed E-state index contributed by atoms with van der Waals surface area (Å²) in [6.45, 7) is 8.73. The van der Waals surface area contributed by atoms with Gasteiger partial charge in [0.2, 0.25) is 5.88 Å². The Balaban J connectivity index is 2.32. The maximum atomic E-state index is 5.13. The number of pyridine rings is 1. The molecular formula is C16H28N2O. The van der Waals surface area contributed by atoms with Gasteiger partial charge in [-0.1, -0.05) is 46.1 Å². The van der Waals surface area contributed by atoms with Gasteiger partial charge < -0.3 is 10.1 Å². The highest BCUT2D eigenvalue weighted by Gasteiger charge is 2.16. The monoisotopic (exact) mass is 264 g/mol. The van der Waals surface area contributed by atoms with E-state index in [2.05, 4.69) is 31.1 Å². The molecule has 0 radical (unpaired) electrons. The van der Waals surface area contributed by atoms with E-state index in [1.54, 1.807) is 7.11 Å². The molecule has 108 valence electrons. The Morgan fingerprint density at radius 1 is 1.26 bits per heavy atom. The summed E-state index contributed by atoms with van der Waals surface area (Å²) in [7, 11) is 1.65. The molecule has 0 saturated heterocycles. The van der Waals surface area contributed by atoms with Gasteiger partial charge in [0, 0.05) is 19.2 Å².